The summed E-state index contributed by atoms with van der Waals surface area (Å²) in [7, 11) is -3.79. The Morgan fingerprint density at radius 3 is 2.55 bits per heavy atom. The van der Waals surface area contributed by atoms with Gasteiger partial charge in [-0.2, -0.15) is 4.31 Å². The Bertz CT molecular complexity index is 1130. The van der Waals surface area contributed by atoms with Crippen LogP contribution in [0.3, 0.4) is 0 Å². The maximum Gasteiger partial charge on any atom is 0.265 e. The quantitative estimate of drug-likeness (QED) is 0.751. The van der Waals surface area contributed by atoms with Crippen molar-refractivity contribution in [1.82, 2.24) is 9.21 Å². The Morgan fingerprint density at radius 1 is 1.16 bits per heavy atom. The van der Waals surface area contributed by atoms with Crippen molar-refractivity contribution in [2.24, 2.45) is 0 Å². The number of anilines is 1. The van der Waals surface area contributed by atoms with Crippen molar-refractivity contribution in [2.45, 2.75) is 24.3 Å². The van der Waals surface area contributed by atoms with Gasteiger partial charge in [0.2, 0.25) is 10.0 Å². The number of halogens is 1. The van der Waals surface area contributed by atoms with E-state index in [4.69, 9.17) is 16.3 Å². The topological polar surface area (TPSA) is 96.0 Å². The summed E-state index contributed by atoms with van der Waals surface area (Å²) in [5.74, 6) is -0.0708. The van der Waals surface area contributed by atoms with Gasteiger partial charge in [-0.25, -0.2) is 8.42 Å². The number of carbonyl (C=O) groups is 2. The Hall–Kier alpha value is -2.62. The van der Waals surface area contributed by atoms with E-state index in [1.165, 1.54) is 16.4 Å². The largest absolute Gasteiger partial charge is 0.478 e. The molecule has 2 amide bonds. The smallest absolute Gasteiger partial charge is 0.265 e. The molecule has 1 atom stereocenters. The monoisotopic (exact) mass is 463 g/mol. The van der Waals surface area contributed by atoms with Crippen LogP contribution in [0.4, 0.5) is 5.69 Å². The molecule has 2 aromatic rings. The number of rotatable bonds is 4. The van der Waals surface area contributed by atoms with Crippen LogP contribution in [0.2, 0.25) is 5.02 Å². The maximum absolute atomic E-state index is 13.1. The van der Waals surface area contributed by atoms with Crippen LogP contribution in [-0.4, -0.2) is 61.7 Å². The number of amides is 2. The van der Waals surface area contributed by atoms with E-state index >= 15 is 0 Å². The molecule has 2 aliphatic heterocycles. The van der Waals surface area contributed by atoms with Gasteiger partial charge in [0.15, 0.2) is 6.10 Å². The Labute approximate surface area is 185 Å². The highest BCUT2D eigenvalue weighted by Crippen LogP contribution is 2.33. The number of ether oxygens (including phenoxy) is 1. The number of hydrogen-bond donors (Lipinski definition) is 1. The van der Waals surface area contributed by atoms with Crippen LogP contribution in [0, 0.1) is 0 Å². The lowest BCUT2D eigenvalue weighted by Gasteiger charge is -2.34. The van der Waals surface area contributed by atoms with E-state index in [-0.39, 0.29) is 42.9 Å². The Kier molecular flexibility index (Phi) is 5.92. The molecule has 8 nitrogen and oxygen atoms in total. The number of piperazine rings is 1. The molecular formula is C21H22ClN3O5S. The molecule has 0 saturated carbocycles. The van der Waals surface area contributed by atoms with E-state index < -0.39 is 16.1 Å². The van der Waals surface area contributed by atoms with Crippen LogP contribution in [0.25, 0.3) is 0 Å². The lowest BCUT2D eigenvalue weighted by Crippen LogP contribution is -2.50. The first-order chi connectivity index (χ1) is 14.8. The molecule has 2 heterocycles. The van der Waals surface area contributed by atoms with Gasteiger partial charge in [0.1, 0.15) is 5.75 Å². The highest BCUT2D eigenvalue weighted by atomic mass is 35.5. The van der Waals surface area contributed by atoms with Gasteiger partial charge in [-0.15, -0.1) is 0 Å². The van der Waals surface area contributed by atoms with Crippen molar-refractivity contribution >= 4 is 39.1 Å². The molecule has 1 unspecified atom stereocenters. The third-order valence-corrected chi connectivity index (χ3v) is 7.63. The SMILES string of the molecule is CCC1Oc2ccc(S(=O)(=O)N3CCN(C(=O)c4ccccc4Cl)CC3)cc2NC1=O. The molecule has 0 radical (unpaired) electrons. The summed E-state index contributed by atoms with van der Waals surface area (Å²) in [6.45, 7) is 2.68. The maximum atomic E-state index is 13.1. The lowest BCUT2D eigenvalue weighted by atomic mass is 10.2. The number of hydrogen-bond acceptors (Lipinski definition) is 5. The molecule has 4 rings (SSSR count). The van der Waals surface area contributed by atoms with Crippen LogP contribution < -0.4 is 10.1 Å². The molecule has 10 heteroatoms. The zero-order valence-electron chi connectivity index (χ0n) is 16.9. The van der Waals surface area contributed by atoms with Crippen molar-refractivity contribution < 1.29 is 22.7 Å². The zero-order chi connectivity index (χ0) is 22.2. The normalized spacial score (nSPS) is 19.4. The number of sulfonamides is 1. The summed E-state index contributed by atoms with van der Waals surface area (Å²) < 4.78 is 33.2. The van der Waals surface area contributed by atoms with Gasteiger partial charge in [-0.05, 0) is 36.8 Å². The summed E-state index contributed by atoms with van der Waals surface area (Å²) in [4.78, 5) is 26.4. The molecule has 1 fully saturated rings. The third-order valence-electron chi connectivity index (χ3n) is 5.41. The summed E-state index contributed by atoms with van der Waals surface area (Å²) in [6, 6.07) is 11.2. The summed E-state index contributed by atoms with van der Waals surface area (Å²) in [6.07, 6.45) is -0.0682. The first-order valence-corrected chi connectivity index (χ1v) is 11.8. The van der Waals surface area contributed by atoms with Crippen LogP contribution in [0.15, 0.2) is 47.4 Å². The van der Waals surface area contributed by atoms with E-state index in [9.17, 15) is 18.0 Å². The van der Waals surface area contributed by atoms with Crippen LogP contribution in [0.5, 0.6) is 5.75 Å². The number of nitrogens with one attached hydrogen (secondary N) is 1. The molecule has 164 valence electrons. The Morgan fingerprint density at radius 2 is 1.87 bits per heavy atom. The fourth-order valence-electron chi connectivity index (χ4n) is 3.64. The van der Waals surface area contributed by atoms with Crippen molar-refractivity contribution in [3.05, 3.63) is 53.1 Å². The molecule has 0 aromatic heterocycles. The number of carbonyl (C=O) groups excluding carboxylic acids is 2. The van der Waals surface area contributed by atoms with E-state index in [1.54, 1.807) is 35.2 Å². The average molecular weight is 464 g/mol. The first kappa shape index (κ1) is 21.6. The van der Waals surface area contributed by atoms with Gasteiger partial charge < -0.3 is 15.0 Å². The van der Waals surface area contributed by atoms with E-state index in [1.807, 2.05) is 6.92 Å². The van der Waals surface area contributed by atoms with Gasteiger partial charge in [0.25, 0.3) is 11.8 Å². The predicted molar refractivity (Wildman–Crippen MR) is 116 cm³/mol. The molecule has 31 heavy (non-hydrogen) atoms. The highest BCUT2D eigenvalue weighted by Gasteiger charge is 2.33. The third kappa shape index (κ3) is 4.13. The molecule has 2 aliphatic rings. The van der Waals surface area contributed by atoms with Crippen molar-refractivity contribution in [3.63, 3.8) is 0 Å². The number of benzene rings is 2. The molecule has 2 aromatic carbocycles. The van der Waals surface area contributed by atoms with Crippen molar-refractivity contribution in [3.8, 4) is 5.75 Å². The predicted octanol–water partition coefficient (Wildman–Crippen LogP) is 2.60. The fraction of sp³-hybridized carbons (Fsp3) is 0.333. The fourth-order valence-corrected chi connectivity index (χ4v) is 5.31. The standard InChI is InChI=1S/C21H22ClN3O5S/c1-2-18-20(26)23-17-13-14(7-8-19(17)30-18)31(28,29)25-11-9-24(10-12-25)21(27)15-5-3-4-6-16(15)22/h3-8,13,18H,2,9-12H2,1H3,(H,23,26). The van der Waals surface area contributed by atoms with Crippen molar-refractivity contribution in [1.29, 1.82) is 0 Å². The van der Waals surface area contributed by atoms with Gasteiger partial charge in [-0.1, -0.05) is 30.7 Å². The molecule has 1 N–H and O–H groups in total. The van der Waals surface area contributed by atoms with E-state index in [0.717, 1.165) is 0 Å². The van der Waals surface area contributed by atoms with Gasteiger partial charge in [-0.3, -0.25) is 9.59 Å². The van der Waals surface area contributed by atoms with Gasteiger partial charge in [0.05, 0.1) is 21.2 Å². The lowest BCUT2D eigenvalue weighted by molar-refractivity contribution is -0.123. The van der Waals surface area contributed by atoms with Crippen LogP contribution >= 0.6 is 11.6 Å². The Balaban J connectivity index is 1.47. The molecule has 1 saturated heterocycles. The minimum Gasteiger partial charge on any atom is -0.478 e. The van der Waals surface area contributed by atoms with Gasteiger partial charge >= 0.3 is 0 Å². The molecule has 0 bridgehead atoms. The number of fused-ring (bicyclic) bond motifs is 1. The highest BCUT2D eigenvalue weighted by molar-refractivity contribution is 7.89. The molecular weight excluding hydrogens is 442 g/mol. The van der Waals surface area contributed by atoms with Crippen LogP contribution in [-0.2, 0) is 14.8 Å². The molecule has 0 aliphatic carbocycles. The summed E-state index contributed by atoms with van der Waals surface area (Å²) in [5, 5.41) is 3.08. The molecule has 0 spiro atoms. The van der Waals surface area contributed by atoms with Gasteiger partial charge in [0, 0.05) is 26.2 Å². The second-order valence-corrected chi connectivity index (χ2v) is 9.68. The number of nitrogens with zero attached hydrogens (tertiary/aromatic N) is 2. The van der Waals surface area contributed by atoms with Crippen molar-refractivity contribution in [2.75, 3.05) is 31.5 Å². The first-order valence-electron chi connectivity index (χ1n) is 9.97. The second-order valence-electron chi connectivity index (χ2n) is 7.34. The van der Waals surface area contributed by atoms with Crippen LogP contribution in [0.1, 0.15) is 23.7 Å². The van der Waals surface area contributed by atoms with E-state index in [2.05, 4.69) is 5.32 Å². The minimum atomic E-state index is -3.79. The minimum absolute atomic E-state index is 0.0657. The second kappa shape index (κ2) is 8.49. The zero-order valence-corrected chi connectivity index (χ0v) is 18.4. The summed E-state index contributed by atoms with van der Waals surface area (Å²) >= 11 is 6.11. The summed E-state index contributed by atoms with van der Waals surface area (Å²) in [5.41, 5.74) is 0.736. The average Bonchev–Trinajstić information content (AvgIpc) is 2.78. The van der Waals surface area contributed by atoms with E-state index in [0.29, 0.717) is 28.4 Å².